The van der Waals surface area contributed by atoms with Crippen LogP contribution in [0.4, 0.5) is 5.69 Å². The Balaban J connectivity index is 1.55. The Bertz CT molecular complexity index is 1040. The van der Waals surface area contributed by atoms with Gasteiger partial charge in [0.2, 0.25) is 0 Å². The number of hydrazine groups is 1. The quantitative estimate of drug-likeness (QED) is 0.476. The molecular formula is C22H24N4O5. The molecule has 0 saturated heterocycles. The summed E-state index contributed by atoms with van der Waals surface area (Å²) in [5.74, 6) is 0.729. The Morgan fingerprint density at radius 1 is 1.00 bits per heavy atom. The number of rotatable bonds is 8. The van der Waals surface area contributed by atoms with Crippen LogP contribution in [0.2, 0.25) is 0 Å². The van der Waals surface area contributed by atoms with Gasteiger partial charge in [-0.05, 0) is 38.1 Å². The van der Waals surface area contributed by atoms with E-state index in [-0.39, 0.29) is 18.7 Å². The van der Waals surface area contributed by atoms with E-state index in [0.717, 1.165) is 11.3 Å². The average molecular weight is 424 g/mol. The predicted molar refractivity (Wildman–Crippen MR) is 114 cm³/mol. The van der Waals surface area contributed by atoms with Gasteiger partial charge in [0.15, 0.2) is 0 Å². The van der Waals surface area contributed by atoms with Crippen molar-refractivity contribution in [2.75, 3.05) is 19.0 Å². The summed E-state index contributed by atoms with van der Waals surface area (Å²) in [6.07, 6.45) is 0. The van der Waals surface area contributed by atoms with Crippen LogP contribution in [0.3, 0.4) is 0 Å². The minimum absolute atomic E-state index is 0.0508. The maximum atomic E-state index is 12.6. The third-order valence-corrected chi connectivity index (χ3v) is 4.55. The van der Waals surface area contributed by atoms with Crippen molar-refractivity contribution in [3.63, 3.8) is 0 Å². The van der Waals surface area contributed by atoms with Crippen LogP contribution in [0.25, 0.3) is 0 Å². The minimum atomic E-state index is -0.500. The van der Waals surface area contributed by atoms with Crippen molar-refractivity contribution in [3.05, 3.63) is 71.1 Å². The molecule has 0 atom stereocenters. The highest BCUT2D eigenvalue weighted by Gasteiger charge is 2.15. The lowest BCUT2D eigenvalue weighted by Gasteiger charge is -2.13. The van der Waals surface area contributed by atoms with E-state index in [9.17, 15) is 9.59 Å². The van der Waals surface area contributed by atoms with Gasteiger partial charge in [0.1, 0.15) is 23.9 Å². The largest absolute Gasteiger partial charge is 0.495 e. The lowest BCUT2D eigenvalue weighted by atomic mass is 10.2. The molecule has 0 bridgehead atoms. The lowest BCUT2D eigenvalue weighted by Crippen LogP contribution is -2.44. The minimum Gasteiger partial charge on any atom is -0.495 e. The van der Waals surface area contributed by atoms with E-state index in [1.807, 2.05) is 19.1 Å². The van der Waals surface area contributed by atoms with Gasteiger partial charge in [-0.15, -0.1) is 0 Å². The summed E-state index contributed by atoms with van der Waals surface area (Å²) in [5, 5.41) is 6.85. The number of hydrogen-bond donors (Lipinski definition) is 3. The fourth-order valence-corrected chi connectivity index (χ4v) is 2.84. The zero-order chi connectivity index (χ0) is 22.2. The molecule has 3 aromatic rings. The second-order valence-electron chi connectivity index (χ2n) is 6.64. The number of hydrogen-bond acceptors (Lipinski definition) is 7. The summed E-state index contributed by atoms with van der Waals surface area (Å²) in [5.41, 5.74) is 7.29. The number of benzene rings is 2. The van der Waals surface area contributed by atoms with E-state index < -0.39 is 11.8 Å². The van der Waals surface area contributed by atoms with Gasteiger partial charge in [-0.2, -0.15) is 0 Å². The van der Waals surface area contributed by atoms with Gasteiger partial charge >= 0.3 is 0 Å². The van der Waals surface area contributed by atoms with Crippen LogP contribution in [-0.4, -0.2) is 30.6 Å². The second-order valence-corrected chi connectivity index (χ2v) is 6.64. The molecule has 31 heavy (non-hydrogen) atoms. The third kappa shape index (κ3) is 5.53. The van der Waals surface area contributed by atoms with Crippen molar-refractivity contribution in [2.45, 2.75) is 20.5 Å². The Kier molecular flexibility index (Phi) is 7.10. The van der Waals surface area contributed by atoms with E-state index in [4.69, 9.17) is 14.0 Å². The van der Waals surface area contributed by atoms with Crippen molar-refractivity contribution in [1.82, 2.24) is 16.0 Å². The Morgan fingerprint density at radius 3 is 2.42 bits per heavy atom. The van der Waals surface area contributed by atoms with Crippen LogP contribution < -0.4 is 25.6 Å². The predicted octanol–water partition coefficient (Wildman–Crippen LogP) is 2.75. The molecule has 0 fully saturated rings. The van der Waals surface area contributed by atoms with E-state index in [0.29, 0.717) is 22.9 Å². The first-order valence-electron chi connectivity index (χ1n) is 9.59. The third-order valence-electron chi connectivity index (χ3n) is 4.55. The molecule has 2 aromatic carbocycles. The zero-order valence-corrected chi connectivity index (χ0v) is 17.5. The Hall–Kier alpha value is -4.01. The van der Waals surface area contributed by atoms with E-state index >= 15 is 0 Å². The van der Waals surface area contributed by atoms with Crippen LogP contribution in [0, 0.1) is 13.8 Å². The molecule has 162 valence electrons. The maximum Gasteiger partial charge on any atom is 0.273 e. The first-order valence-corrected chi connectivity index (χ1v) is 9.59. The van der Waals surface area contributed by atoms with Crippen LogP contribution in [0.15, 0.2) is 53.1 Å². The highest BCUT2D eigenvalue weighted by molar-refractivity contribution is 5.98. The molecule has 0 spiro atoms. The molecule has 9 nitrogen and oxygen atoms in total. The monoisotopic (exact) mass is 424 g/mol. The molecule has 0 unspecified atom stereocenters. The summed E-state index contributed by atoms with van der Waals surface area (Å²) in [6, 6.07) is 14.0. The number of amides is 2. The number of ether oxygens (including phenoxy) is 2. The van der Waals surface area contributed by atoms with Crippen molar-refractivity contribution < 1.29 is 23.6 Å². The maximum absolute atomic E-state index is 12.6. The summed E-state index contributed by atoms with van der Waals surface area (Å²) in [4.78, 5) is 24.7. The summed E-state index contributed by atoms with van der Waals surface area (Å²) in [7, 11) is 1.55. The van der Waals surface area contributed by atoms with Crippen molar-refractivity contribution in [1.29, 1.82) is 0 Å². The molecule has 0 aliphatic rings. The highest BCUT2D eigenvalue weighted by Crippen LogP contribution is 2.23. The van der Waals surface area contributed by atoms with Gasteiger partial charge in [0.25, 0.3) is 11.8 Å². The van der Waals surface area contributed by atoms with Crippen molar-refractivity contribution in [2.24, 2.45) is 0 Å². The number of nitrogens with zero attached hydrogens (tertiary/aromatic N) is 1. The standard InChI is InChI=1S/C22H24N4O5/c1-14-17(15(2)31-26-14)13-30-19-10-6-4-8-16(19)22(28)25-24-21(27)12-23-18-9-5-7-11-20(18)29-3/h4-11,23H,12-13H2,1-3H3,(H,24,27)(H,25,28). The number of aromatic nitrogens is 1. The van der Waals surface area contributed by atoms with Crippen molar-refractivity contribution in [3.8, 4) is 11.5 Å². The topological polar surface area (TPSA) is 115 Å². The molecule has 0 saturated carbocycles. The summed E-state index contributed by atoms with van der Waals surface area (Å²) in [6.45, 7) is 3.78. The number of para-hydroxylation sites is 3. The first kappa shape index (κ1) is 21.7. The highest BCUT2D eigenvalue weighted by atomic mass is 16.5. The summed E-state index contributed by atoms with van der Waals surface area (Å²) >= 11 is 0. The molecule has 0 radical (unpaired) electrons. The number of anilines is 1. The van der Waals surface area contributed by atoms with Gasteiger partial charge in [0.05, 0.1) is 36.2 Å². The fraction of sp³-hybridized carbons (Fsp3) is 0.227. The van der Waals surface area contributed by atoms with Crippen LogP contribution >= 0.6 is 0 Å². The van der Waals surface area contributed by atoms with Crippen LogP contribution in [0.5, 0.6) is 11.5 Å². The number of carbonyl (C=O) groups excluding carboxylic acids is 2. The van der Waals surface area contributed by atoms with Gasteiger partial charge < -0.3 is 19.3 Å². The number of aryl methyl sites for hydroxylation is 2. The lowest BCUT2D eigenvalue weighted by molar-refractivity contribution is -0.120. The molecule has 0 aliphatic carbocycles. The van der Waals surface area contributed by atoms with Gasteiger partial charge in [0, 0.05) is 0 Å². The summed E-state index contributed by atoms with van der Waals surface area (Å²) < 4.78 is 16.2. The molecule has 1 heterocycles. The van der Waals surface area contributed by atoms with Gasteiger partial charge in [-0.1, -0.05) is 29.4 Å². The first-order chi connectivity index (χ1) is 15.0. The molecule has 1 aromatic heterocycles. The molecule has 3 N–H and O–H groups in total. The normalized spacial score (nSPS) is 10.3. The average Bonchev–Trinajstić information content (AvgIpc) is 3.12. The molecule has 3 rings (SSSR count). The second kappa shape index (κ2) is 10.1. The van der Waals surface area contributed by atoms with Crippen LogP contribution in [0.1, 0.15) is 27.4 Å². The van der Waals surface area contributed by atoms with E-state index in [1.165, 1.54) is 0 Å². The molecular weight excluding hydrogens is 400 g/mol. The van der Waals surface area contributed by atoms with Crippen LogP contribution in [-0.2, 0) is 11.4 Å². The molecule has 0 aliphatic heterocycles. The van der Waals surface area contributed by atoms with E-state index in [2.05, 4.69) is 21.3 Å². The smallest absolute Gasteiger partial charge is 0.273 e. The van der Waals surface area contributed by atoms with Gasteiger partial charge in [-0.25, -0.2) is 0 Å². The Morgan fingerprint density at radius 2 is 1.71 bits per heavy atom. The number of methoxy groups -OCH3 is 1. The number of nitrogens with one attached hydrogen (secondary N) is 3. The van der Waals surface area contributed by atoms with E-state index in [1.54, 1.807) is 50.4 Å². The Labute approximate surface area is 179 Å². The SMILES string of the molecule is COc1ccccc1NCC(=O)NNC(=O)c1ccccc1OCc1c(C)noc1C. The molecule has 2 amide bonds. The molecule has 9 heteroatoms. The fourth-order valence-electron chi connectivity index (χ4n) is 2.84. The zero-order valence-electron chi connectivity index (χ0n) is 17.5. The van der Waals surface area contributed by atoms with Gasteiger partial charge in [-0.3, -0.25) is 20.4 Å². The number of carbonyl (C=O) groups is 2. The van der Waals surface area contributed by atoms with Crippen molar-refractivity contribution >= 4 is 17.5 Å².